The summed E-state index contributed by atoms with van der Waals surface area (Å²) in [5, 5.41) is 7.16. The molecule has 7 heteroatoms. The van der Waals surface area contributed by atoms with Crippen molar-refractivity contribution in [1.82, 2.24) is 15.6 Å². The van der Waals surface area contributed by atoms with Gasteiger partial charge in [0.1, 0.15) is 10.9 Å². The van der Waals surface area contributed by atoms with Gasteiger partial charge in [-0.2, -0.15) is 0 Å². The van der Waals surface area contributed by atoms with Crippen LogP contribution in [0.25, 0.3) is 0 Å². The van der Waals surface area contributed by atoms with Gasteiger partial charge in [0, 0.05) is 26.3 Å². The topological polar surface area (TPSA) is 58.5 Å². The molecule has 2 rings (SSSR count). The van der Waals surface area contributed by atoms with Crippen molar-refractivity contribution in [2.75, 3.05) is 20.1 Å². The zero-order valence-electron chi connectivity index (χ0n) is 16.0. The predicted molar refractivity (Wildman–Crippen MR) is 124 cm³/mol. The van der Waals surface area contributed by atoms with E-state index < -0.39 is 0 Å². The molecule has 5 nitrogen and oxygen atoms in total. The first-order valence-corrected chi connectivity index (χ1v) is 9.25. The first-order chi connectivity index (χ1) is 12.6. The predicted octanol–water partition coefficient (Wildman–Crippen LogP) is 4.09. The second-order valence-corrected chi connectivity index (χ2v) is 6.61. The number of rotatable bonds is 8. The highest BCUT2D eigenvalue weighted by atomic mass is 127. The molecule has 1 aromatic heterocycles. The van der Waals surface area contributed by atoms with E-state index in [9.17, 15) is 0 Å². The van der Waals surface area contributed by atoms with Crippen molar-refractivity contribution in [3.8, 4) is 5.75 Å². The molecule has 0 spiro atoms. The van der Waals surface area contributed by atoms with Crippen molar-refractivity contribution in [3.63, 3.8) is 0 Å². The van der Waals surface area contributed by atoms with Crippen LogP contribution in [-0.2, 0) is 12.8 Å². The summed E-state index contributed by atoms with van der Waals surface area (Å²) in [5.74, 6) is 1.71. The van der Waals surface area contributed by atoms with E-state index in [4.69, 9.17) is 16.3 Å². The van der Waals surface area contributed by atoms with Crippen LogP contribution in [0.2, 0.25) is 5.15 Å². The zero-order valence-corrected chi connectivity index (χ0v) is 19.1. The number of aromatic nitrogens is 1. The van der Waals surface area contributed by atoms with Crippen LogP contribution >= 0.6 is 35.6 Å². The maximum atomic E-state index is 5.79. The lowest BCUT2D eigenvalue weighted by Crippen LogP contribution is -2.39. The first-order valence-electron chi connectivity index (χ1n) is 8.87. The zero-order chi connectivity index (χ0) is 18.8. The Labute approximate surface area is 184 Å². The van der Waals surface area contributed by atoms with Crippen molar-refractivity contribution in [2.45, 2.75) is 32.8 Å². The first kappa shape index (κ1) is 23.5. The Morgan fingerprint density at radius 3 is 2.15 bits per heavy atom. The molecule has 27 heavy (non-hydrogen) atoms. The van der Waals surface area contributed by atoms with Gasteiger partial charge in [-0.15, -0.1) is 24.0 Å². The molecule has 0 fully saturated rings. The van der Waals surface area contributed by atoms with Crippen LogP contribution in [0, 0.1) is 0 Å². The van der Waals surface area contributed by atoms with E-state index >= 15 is 0 Å². The summed E-state index contributed by atoms with van der Waals surface area (Å²) < 4.78 is 5.66. The van der Waals surface area contributed by atoms with Gasteiger partial charge < -0.3 is 15.4 Å². The van der Waals surface area contributed by atoms with Crippen LogP contribution in [0.3, 0.4) is 0 Å². The third-order valence-electron chi connectivity index (χ3n) is 3.72. The molecule has 0 unspecified atom stereocenters. The number of nitrogens with zero attached hydrogens (tertiary/aromatic N) is 2. The molecule has 0 atom stereocenters. The normalized spacial score (nSPS) is 11.1. The molecule has 0 aliphatic carbocycles. The molecule has 0 bridgehead atoms. The number of benzene rings is 1. The fraction of sp³-hybridized carbons (Fsp3) is 0.400. The Morgan fingerprint density at radius 2 is 1.63 bits per heavy atom. The van der Waals surface area contributed by atoms with Crippen LogP contribution in [0.5, 0.6) is 5.75 Å². The molecule has 148 valence electrons. The molecular weight excluding hydrogens is 475 g/mol. The third kappa shape index (κ3) is 9.28. The van der Waals surface area contributed by atoms with Gasteiger partial charge in [-0.05, 0) is 56.0 Å². The van der Waals surface area contributed by atoms with Gasteiger partial charge in [-0.3, -0.25) is 4.99 Å². The fourth-order valence-electron chi connectivity index (χ4n) is 2.43. The van der Waals surface area contributed by atoms with Crippen LogP contribution in [0.1, 0.15) is 25.0 Å². The summed E-state index contributed by atoms with van der Waals surface area (Å²) in [6, 6.07) is 12.0. The van der Waals surface area contributed by atoms with E-state index in [1.807, 2.05) is 32.0 Å². The standard InChI is InChI=1S/C20H27ClN4O.HI/c1-15(2)26-18-7-4-16(5-8-18)10-12-23-20(22-3)24-13-11-17-6-9-19(21)25-14-17;/h4-9,14-15H,10-13H2,1-3H3,(H2,22,23,24);1H. The maximum absolute atomic E-state index is 5.79. The molecule has 1 heterocycles. The highest BCUT2D eigenvalue weighted by Gasteiger charge is 2.01. The molecule has 2 aromatic rings. The monoisotopic (exact) mass is 502 g/mol. The molecule has 0 radical (unpaired) electrons. The molecule has 0 saturated carbocycles. The maximum Gasteiger partial charge on any atom is 0.190 e. The van der Waals surface area contributed by atoms with E-state index in [-0.39, 0.29) is 30.1 Å². The molecule has 0 amide bonds. The van der Waals surface area contributed by atoms with Gasteiger partial charge >= 0.3 is 0 Å². The quantitative estimate of drug-likeness (QED) is 0.247. The smallest absolute Gasteiger partial charge is 0.190 e. The SMILES string of the molecule is CN=C(NCCc1ccc(OC(C)C)cc1)NCCc1ccc(Cl)nc1.I. The van der Waals surface area contributed by atoms with E-state index in [0.29, 0.717) is 5.15 Å². The molecule has 1 aromatic carbocycles. The Balaban J connectivity index is 0.00000364. The highest BCUT2D eigenvalue weighted by Crippen LogP contribution is 2.13. The van der Waals surface area contributed by atoms with Gasteiger partial charge in [0.2, 0.25) is 0 Å². The summed E-state index contributed by atoms with van der Waals surface area (Å²) >= 11 is 5.79. The molecule has 0 aliphatic rings. The number of hydrogen-bond donors (Lipinski definition) is 2. The highest BCUT2D eigenvalue weighted by molar-refractivity contribution is 14.0. The largest absolute Gasteiger partial charge is 0.491 e. The number of halogens is 2. The van der Waals surface area contributed by atoms with Gasteiger partial charge in [-0.1, -0.05) is 29.8 Å². The number of hydrogen-bond acceptors (Lipinski definition) is 3. The van der Waals surface area contributed by atoms with Crippen LogP contribution < -0.4 is 15.4 Å². The van der Waals surface area contributed by atoms with Crippen molar-refractivity contribution >= 4 is 41.5 Å². The summed E-state index contributed by atoms with van der Waals surface area (Å²) in [7, 11) is 1.78. The number of aliphatic imine (C=N–C) groups is 1. The minimum Gasteiger partial charge on any atom is -0.491 e. The molecule has 0 aliphatic heterocycles. The van der Waals surface area contributed by atoms with Crippen LogP contribution in [0.15, 0.2) is 47.6 Å². The lowest BCUT2D eigenvalue weighted by Gasteiger charge is -2.12. The van der Waals surface area contributed by atoms with Crippen LogP contribution in [0.4, 0.5) is 0 Å². The Kier molecular flexibility index (Phi) is 11.1. The number of nitrogens with one attached hydrogen (secondary N) is 2. The van der Waals surface area contributed by atoms with Gasteiger partial charge in [0.05, 0.1) is 6.10 Å². The third-order valence-corrected chi connectivity index (χ3v) is 3.94. The number of pyridine rings is 1. The van der Waals surface area contributed by atoms with Crippen molar-refractivity contribution in [1.29, 1.82) is 0 Å². The van der Waals surface area contributed by atoms with Crippen molar-refractivity contribution in [3.05, 3.63) is 58.9 Å². The van der Waals surface area contributed by atoms with Crippen LogP contribution in [-0.4, -0.2) is 37.2 Å². The molecule has 2 N–H and O–H groups in total. The molecular formula is C20H28ClIN4O. The number of ether oxygens (including phenoxy) is 1. The van der Waals surface area contributed by atoms with E-state index in [1.54, 1.807) is 19.3 Å². The summed E-state index contributed by atoms with van der Waals surface area (Å²) in [6.07, 6.45) is 3.78. The van der Waals surface area contributed by atoms with Gasteiger partial charge in [-0.25, -0.2) is 4.98 Å². The Morgan fingerprint density at radius 1 is 1.04 bits per heavy atom. The van der Waals surface area contributed by atoms with Gasteiger partial charge in [0.25, 0.3) is 0 Å². The van der Waals surface area contributed by atoms with Crippen molar-refractivity contribution < 1.29 is 4.74 Å². The summed E-state index contributed by atoms with van der Waals surface area (Å²) in [6.45, 7) is 5.65. The van der Waals surface area contributed by atoms with Crippen molar-refractivity contribution in [2.24, 2.45) is 4.99 Å². The lowest BCUT2D eigenvalue weighted by atomic mass is 10.1. The van der Waals surface area contributed by atoms with E-state index in [1.165, 1.54) is 5.56 Å². The number of guanidine groups is 1. The lowest BCUT2D eigenvalue weighted by molar-refractivity contribution is 0.242. The molecule has 0 saturated heterocycles. The average molecular weight is 503 g/mol. The second kappa shape index (κ2) is 12.8. The van der Waals surface area contributed by atoms with E-state index in [2.05, 4.69) is 32.7 Å². The summed E-state index contributed by atoms with van der Waals surface area (Å²) in [5.41, 5.74) is 2.40. The Bertz CT molecular complexity index is 690. The average Bonchev–Trinajstić information content (AvgIpc) is 2.63. The minimum atomic E-state index is 0. The second-order valence-electron chi connectivity index (χ2n) is 6.23. The Hall–Kier alpha value is -1.54. The summed E-state index contributed by atoms with van der Waals surface area (Å²) in [4.78, 5) is 8.33. The minimum absolute atomic E-state index is 0. The van der Waals surface area contributed by atoms with Gasteiger partial charge in [0.15, 0.2) is 5.96 Å². The van der Waals surface area contributed by atoms with E-state index in [0.717, 1.165) is 43.2 Å². The fourth-order valence-corrected chi connectivity index (χ4v) is 2.54.